The first-order valence-corrected chi connectivity index (χ1v) is 3.16. The summed E-state index contributed by atoms with van der Waals surface area (Å²) in [6, 6.07) is 4.01. The topological polar surface area (TPSA) is 12.9 Å². The van der Waals surface area contributed by atoms with Gasteiger partial charge in [-0.1, -0.05) is 30.8 Å². The van der Waals surface area contributed by atoms with Gasteiger partial charge in [-0.3, -0.25) is 4.98 Å². The molecule has 0 amide bonds. The smallest absolute Gasteiger partial charge is 0.151 e. The maximum atomic E-state index is 3.91. The van der Waals surface area contributed by atoms with E-state index in [1.54, 1.807) is 0 Å². The summed E-state index contributed by atoms with van der Waals surface area (Å²) >= 11 is 0. The third-order valence-electron chi connectivity index (χ3n) is 1.15. The van der Waals surface area contributed by atoms with Crippen LogP contribution in [0.3, 0.4) is 0 Å². The van der Waals surface area contributed by atoms with Gasteiger partial charge in [0.1, 0.15) is 0 Å². The van der Waals surface area contributed by atoms with Gasteiger partial charge in [-0.25, -0.2) is 0 Å². The fourth-order valence-electron chi connectivity index (χ4n) is 0.735. The van der Waals surface area contributed by atoms with Gasteiger partial charge in [0.05, 0.1) is 0 Å². The summed E-state index contributed by atoms with van der Waals surface area (Å²) in [5.74, 6) is 0. The average Bonchev–Trinajstić information content (AvgIpc) is 1.91. The quantitative estimate of drug-likeness (QED) is 0.524. The molecule has 0 spiro atoms. The number of rotatable bonds is 2. The van der Waals surface area contributed by atoms with E-state index in [1.165, 1.54) is 5.46 Å². The van der Waals surface area contributed by atoms with Gasteiger partial charge in [0, 0.05) is 12.4 Å². The highest BCUT2D eigenvalue weighted by Gasteiger charge is 1.87. The third-order valence-corrected chi connectivity index (χ3v) is 1.15. The second-order valence-electron chi connectivity index (χ2n) is 1.89. The van der Waals surface area contributed by atoms with Gasteiger partial charge < -0.3 is 0 Å². The largest absolute Gasteiger partial charge is 0.265 e. The van der Waals surface area contributed by atoms with Gasteiger partial charge in [0.25, 0.3) is 0 Å². The minimum atomic E-state index is 1.09. The molecule has 1 heterocycles. The summed E-state index contributed by atoms with van der Waals surface area (Å²) in [4.78, 5) is 3.91. The molecule has 2 heteroatoms. The van der Waals surface area contributed by atoms with Crippen molar-refractivity contribution in [2.24, 2.45) is 0 Å². The van der Waals surface area contributed by atoms with Crippen LogP contribution in [0.4, 0.5) is 0 Å². The van der Waals surface area contributed by atoms with Gasteiger partial charge in [-0.15, -0.1) is 0 Å². The molecule has 0 atom stereocenters. The van der Waals surface area contributed by atoms with E-state index in [4.69, 9.17) is 0 Å². The van der Waals surface area contributed by atoms with Crippen LogP contribution in [-0.2, 0) is 0 Å². The monoisotopic (exact) mass is 118 g/mol. The second kappa shape index (κ2) is 3.28. The van der Waals surface area contributed by atoms with Crippen LogP contribution in [0.25, 0.3) is 0 Å². The molecule has 1 aromatic rings. The number of pyridine rings is 1. The minimum Gasteiger partial charge on any atom is -0.265 e. The number of nitrogens with zero attached hydrogens (tertiary/aromatic N) is 1. The van der Waals surface area contributed by atoms with E-state index < -0.39 is 0 Å². The molecule has 1 radical (unpaired) electrons. The summed E-state index contributed by atoms with van der Waals surface area (Å²) in [5.41, 5.74) is 1.26. The van der Waals surface area contributed by atoms with E-state index in [1.807, 2.05) is 24.5 Å². The van der Waals surface area contributed by atoms with Crippen molar-refractivity contribution in [3.8, 4) is 0 Å². The maximum Gasteiger partial charge on any atom is 0.151 e. The molecule has 0 bridgehead atoms. The summed E-state index contributed by atoms with van der Waals surface area (Å²) in [6.45, 7) is 2.13. The molecule has 0 saturated heterocycles. The fourth-order valence-corrected chi connectivity index (χ4v) is 0.735. The van der Waals surface area contributed by atoms with Gasteiger partial charge in [0.15, 0.2) is 7.28 Å². The molecule has 45 valence electrons. The van der Waals surface area contributed by atoms with Crippen LogP contribution in [0, 0.1) is 0 Å². The molecule has 1 rings (SSSR count). The molecular formula is C7H9BN. The lowest BCUT2D eigenvalue weighted by Gasteiger charge is -1.91. The van der Waals surface area contributed by atoms with Crippen molar-refractivity contribution in [2.45, 2.75) is 13.2 Å². The first kappa shape index (κ1) is 6.34. The van der Waals surface area contributed by atoms with E-state index in [2.05, 4.69) is 19.2 Å². The van der Waals surface area contributed by atoms with Crippen LogP contribution in [-0.4, -0.2) is 12.3 Å². The Balaban J connectivity index is 2.61. The third kappa shape index (κ3) is 1.88. The summed E-state index contributed by atoms with van der Waals surface area (Å²) in [6.07, 6.45) is 4.70. The number of aromatic nitrogens is 1. The van der Waals surface area contributed by atoms with Crippen molar-refractivity contribution in [3.63, 3.8) is 0 Å². The van der Waals surface area contributed by atoms with Crippen LogP contribution in [0.5, 0.6) is 0 Å². The number of hydrogen-bond acceptors (Lipinski definition) is 1. The molecule has 0 aliphatic rings. The van der Waals surface area contributed by atoms with E-state index in [0.717, 1.165) is 6.32 Å². The molecule has 0 saturated carbocycles. The molecular weight excluding hydrogens is 109 g/mol. The van der Waals surface area contributed by atoms with Crippen molar-refractivity contribution in [1.82, 2.24) is 4.98 Å². The van der Waals surface area contributed by atoms with Crippen LogP contribution in [0.1, 0.15) is 6.92 Å². The molecule has 0 N–H and O–H groups in total. The zero-order chi connectivity index (χ0) is 6.53. The lowest BCUT2D eigenvalue weighted by atomic mass is 9.68. The molecule has 0 aliphatic carbocycles. The summed E-state index contributed by atoms with van der Waals surface area (Å²) in [5, 5.41) is 0. The molecule has 1 aromatic heterocycles. The average molecular weight is 118 g/mol. The zero-order valence-electron chi connectivity index (χ0n) is 5.54. The zero-order valence-corrected chi connectivity index (χ0v) is 5.54. The van der Waals surface area contributed by atoms with Gasteiger partial charge in [-0.2, -0.15) is 0 Å². The highest BCUT2D eigenvalue weighted by Crippen LogP contribution is 1.78. The predicted molar refractivity (Wildman–Crippen MR) is 40.1 cm³/mol. The van der Waals surface area contributed by atoms with Crippen molar-refractivity contribution in [3.05, 3.63) is 24.5 Å². The Morgan fingerprint density at radius 1 is 1.44 bits per heavy atom. The Kier molecular flexibility index (Phi) is 2.31. The van der Waals surface area contributed by atoms with Crippen molar-refractivity contribution in [2.75, 3.05) is 0 Å². The molecule has 0 aromatic carbocycles. The Morgan fingerprint density at radius 3 is 2.67 bits per heavy atom. The first-order chi connectivity index (χ1) is 4.43. The van der Waals surface area contributed by atoms with E-state index in [-0.39, 0.29) is 0 Å². The Bertz CT molecular complexity index is 162. The molecule has 1 nitrogen and oxygen atoms in total. The van der Waals surface area contributed by atoms with Crippen molar-refractivity contribution < 1.29 is 0 Å². The normalized spacial score (nSPS) is 9.00. The summed E-state index contributed by atoms with van der Waals surface area (Å²) < 4.78 is 0. The van der Waals surface area contributed by atoms with E-state index in [0.29, 0.717) is 0 Å². The Morgan fingerprint density at radius 2 is 2.11 bits per heavy atom. The Hall–Kier alpha value is -0.785. The van der Waals surface area contributed by atoms with Crippen LogP contribution in [0.15, 0.2) is 24.5 Å². The molecule has 0 unspecified atom stereocenters. The SMILES string of the molecule is CC[B]c1ccncc1. The maximum absolute atomic E-state index is 3.91. The minimum absolute atomic E-state index is 1.09. The molecule has 9 heavy (non-hydrogen) atoms. The van der Waals surface area contributed by atoms with Gasteiger partial charge in [-0.05, 0) is 0 Å². The van der Waals surface area contributed by atoms with E-state index >= 15 is 0 Å². The van der Waals surface area contributed by atoms with E-state index in [9.17, 15) is 0 Å². The second-order valence-corrected chi connectivity index (χ2v) is 1.89. The lowest BCUT2D eigenvalue weighted by Crippen LogP contribution is -2.11. The highest BCUT2D eigenvalue weighted by molar-refractivity contribution is 6.53. The van der Waals surface area contributed by atoms with Gasteiger partial charge in [0.2, 0.25) is 0 Å². The predicted octanol–water partition coefficient (Wildman–Crippen LogP) is 0.849. The Labute approximate surface area is 56.4 Å². The van der Waals surface area contributed by atoms with Crippen molar-refractivity contribution in [1.29, 1.82) is 0 Å². The highest BCUT2D eigenvalue weighted by atomic mass is 14.6. The molecule has 0 fully saturated rings. The fraction of sp³-hybridized carbons (Fsp3) is 0.286. The van der Waals surface area contributed by atoms with Crippen LogP contribution < -0.4 is 5.46 Å². The summed E-state index contributed by atoms with van der Waals surface area (Å²) in [7, 11) is 2.17. The first-order valence-electron chi connectivity index (χ1n) is 3.16. The van der Waals surface area contributed by atoms with Crippen LogP contribution in [0.2, 0.25) is 6.32 Å². The van der Waals surface area contributed by atoms with Crippen LogP contribution >= 0.6 is 0 Å². The van der Waals surface area contributed by atoms with Gasteiger partial charge >= 0.3 is 0 Å². The standard InChI is InChI=1S/C7H9BN/c1-2-8-7-3-5-9-6-4-7/h3-6H,2H2,1H3. The lowest BCUT2D eigenvalue weighted by molar-refractivity contribution is 1.34. The molecule has 0 aliphatic heterocycles. The van der Waals surface area contributed by atoms with Crippen molar-refractivity contribution >= 4 is 12.7 Å². The number of hydrogen-bond donors (Lipinski definition) is 0.